The molecule has 2 amide bonds. The minimum Gasteiger partial charge on any atom is -0.481 e. The summed E-state index contributed by atoms with van der Waals surface area (Å²) in [7, 11) is 0. The third kappa shape index (κ3) is 5.32. The fraction of sp³-hybridized carbons (Fsp3) is 0.444. The van der Waals surface area contributed by atoms with E-state index in [9.17, 15) is 19.5 Å². The topological polar surface area (TPSA) is 116 Å². The van der Waals surface area contributed by atoms with E-state index in [0.717, 1.165) is 28.7 Å². The summed E-state index contributed by atoms with van der Waals surface area (Å²) in [5, 5.41) is 22.2. The maximum atomic E-state index is 13.3. The molecule has 0 aromatic heterocycles. The van der Waals surface area contributed by atoms with Crippen molar-refractivity contribution >= 4 is 18.0 Å². The Kier molecular flexibility index (Phi) is 7.12. The van der Waals surface area contributed by atoms with Crippen molar-refractivity contribution in [2.45, 2.75) is 63.1 Å². The van der Waals surface area contributed by atoms with E-state index >= 15 is 0 Å². The van der Waals surface area contributed by atoms with Crippen LogP contribution in [0.4, 0.5) is 4.79 Å². The number of carboxylic acid groups (broad SMARTS) is 1. The van der Waals surface area contributed by atoms with Crippen LogP contribution >= 0.6 is 0 Å². The van der Waals surface area contributed by atoms with Crippen molar-refractivity contribution in [2.75, 3.05) is 13.2 Å². The Morgan fingerprint density at radius 2 is 1.69 bits per heavy atom. The first-order valence-electron chi connectivity index (χ1n) is 12.0. The Hall–Kier alpha value is -3.39. The van der Waals surface area contributed by atoms with Crippen molar-refractivity contribution < 1.29 is 29.3 Å². The highest BCUT2D eigenvalue weighted by molar-refractivity contribution is 5.87. The number of ether oxygens (including phenoxy) is 1. The number of aliphatic hydroxyl groups is 1. The van der Waals surface area contributed by atoms with E-state index in [1.165, 1.54) is 0 Å². The van der Waals surface area contributed by atoms with Gasteiger partial charge in [-0.25, -0.2) is 4.79 Å². The maximum Gasteiger partial charge on any atom is 0.407 e. The Morgan fingerprint density at radius 1 is 1.09 bits per heavy atom. The fourth-order valence-electron chi connectivity index (χ4n) is 5.27. The smallest absolute Gasteiger partial charge is 0.407 e. The number of carboxylic acids is 1. The molecule has 4 rings (SSSR count). The van der Waals surface area contributed by atoms with Crippen molar-refractivity contribution in [1.82, 2.24) is 10.2 Å². The molecule has 2 aromatic carbocycles. The molecule has 1 aliphatic heterocycles. The van der Waals surface area contributed by atoms with Crippen molar-refractivity contribution in [3.05, 3.63) is 59.7 Å². The highest BCUT2D eigenvalue weighted by Crippen LogP contribution is 2.44. The van der Waals surface area contributed by atoms with Crippen LogP contribution in [-0.4, -0.2) is 63.9 Å². The van der Waals surface area contributed by atoms with Crippen LogP contribution in [0.25, 0.3) is 11.1 Å². The van der Waals surface area contributed by atoms with Gasteiger partial charge in [-0.05, 0) is 55.4 Å². The molecule has 8 nitrogen and oxygen atoms in total. The second kappa shape index (κ2) is 10.1. The first-order valence-corrected chi connectivity index (χ1v) is 12.0. The average Bonchev–Trinajstić information content (AvgIpc) is 3.43. The number of likely N-dealkylation sites (tertiary alicyclic amines) is 1. The number of amides is 2. The monoisotopic (exact) mass is 480 g/mol. The molecule has 35 heavy (non-hydrogen) atoms. The molecule has 2 unspecified atom stereocenters. The molecule has 0 bridgehead atoms. The summed E-state index contributed by atoms with van der Waals surface area (Å²) in [5.41, 5.74) is 3.26. The maximum absolute atomic E-state index is 13.3. The number of hydrogen-bond donors (Lipinski definition) is 3. The van der Waals surface area contributed by atoms with E-state index in [0.29, 0.717) is 13.0 Å². The van der Waals surface area contributed by atoms with Crippen molar-refractivity contribution in [3.63, 3.8) is 0 Å². The molecule has 0 spiro atoms. The van der Waals surface area contributed by atoms with Crippen LogP contribution in [-0.2, 0) is 14.3 Å². The summed E-state index contributed by atoms with van der Waals surface area (Å²) in [4.78, 5) is 38.8. The van der Waals surface area contributed by atoms with Gasteiger partial charge in [0.15, 0.2) is 0 Å². The molecule has 2 aromatic rings. The van der Waals surface area contributed by atoms with E-state index < -0.39 is 35.7 Å². The largest absolute Gasteiger partial charge is 0.481 e. The van der Waals surface area contributed by atoms with Crippen LogP contribution < -0.4 is 5.32 Å². The van der Waals surface area contributed by atoms with E-state index in [1.54, 1.807) is 18.7 Å². The van der Waals surface area contributed by atoms with E-state index in [-0.39, 0.29) is 25.4 Å². The molecule has 186 valence electrons. The molecule has 1 aliphatic carbocycles. The Bertz CT molecular complexity index is 1060. The lowest BCUT2D eigenvalue weighted by molar-refractivity contribution is -0.140. The van der Waals surface area contributed by atoms with Crippen molar-refractivity contribution in [1.29, 1.82) is 0 Å². The van der Waals surface area contributed by atoms with Gasteiger partial charge in [0.2, 0.25) is 5.91 Å². The number of fused-ring (bicyclic) bond motifs is 3. The van der Waals surface area contributed by atoms with E-state index in [4.69, 9.17) is 9.84 Å². The summed E-state index contributed by atoms with van der Waals surface area (Å²) < 4.78 is 5.57. The number of benzene rings is 2. The van der Waals surface area contributed by atoms with Gasteiger partial charge in [0, 0.05) is 18.9 Å². The molecule has 1 fully saturated rings. The lowest BCUT2D eigenvalue weighted by atomic mass is 9.96. The zero-order valence-corrected chi connectivity index (χ0v) is 20.1. The number of alkyl carbamates (subject to hydrolysis) is 1. The summed E-state index contributed by atoms with van der Waals surface area (Å²) in [6, 6.07) is 14.5. The second-order valence-electron chi connectivity index (χ2n) is 9.80. The number of rotatable bonds is 8. The quantitative estimate of drug-likeness (QED) is 0.532. The van der Waals surface area contributed by atoms with Crippen LogP contribution in [0.15, 0.2) is 48.5 Å². The van der Waals surface area contributed by atoms with Gasteiger partial charge in [0.25, 0.3) is 0 Å². The van der Waals surface area contributed by atoms with Gasteiger partial charge in [0.1, 0.15) is 12.6 Å². The predicted molar refractivity (Wildman–Crippen MR) is 130 cm³/mol. The minimum absolute atomic E-state index is 0.0621. The number of carbonyl (C=O) groups excluding carboxylic acids is 2. The van der Waals surface area contributed by atoms with Gasteiger partial charge < -0.3 is 25.2 Å². The van der Waals surface area contributed by atoms with Gasteiger partial charge in [0.05, 0.1) is 11.6 Å². The summed E-state index contributed by atoms with van der Waals surface area (Å²) in [5.74, 6) is -1.58. The van der Waals surface area contributed by atoms with Crippen LogP contribution in [0.3, 0.4) is 0 Å². The highest BCUT2D eigenvalue weighted by Gasteiger charge is 2.41. The lowest BCUT2D eigenvalue weighted by Gasteiger charge is -2.35. The Balaban J connectivity index is 1.45. The normalized spacial score (nSPS) is 18.0. The molecule has 0 saturated carbocycles. The number of aliphatic carboxylic acids is 1. The highest BCUT2D eigenvalue weighted by atomic mass is 16.5. The van der Waals surface area contributed by atoms with Gasteiger partial charge in [-0.3, -0.25) is 9.59 Å². The lowest BCUT2D eigenvalue weighted by Crippen LogP contribution is -2.55. The number of carbonyl (C=O) groups is 3. The predicted octanol–water partition coefficient (Wildman–Crippen LogP) is 3.52. The van der Waals surface area contributed by atoms with Crippen LogP contribution in [0.2, 0.25) is 0 Å². The van der Waals surface area contributed by atoms with Gasteiger partial charge in [-0.2, -0.15) is 0 Å². The molecule has 0 radical (unpaired) electrons. The molecule has 1 heterocycles. The summed E-state index contributed by atoms with van der Waals surface area (Å²) in [6.07, 6.45) is 0.270. The number of nitrogens with one attached hydrogen (secondary N) is 1. The van der Waals surface area contributed by atoms with Crippen LogP contribution in [0.1, 0.15) is 56.6 Å². The summed E-state index contributed by atoms with van der Waals surface area (Å²) >= 11 is 0. The van der Waals surface area contributed by atoms with Crippen molar-refractivity contribution in [2.24, 2.45) is 0 Å². The van der Waals surface area contributed by atoms with Gasteiger partial charge >= 0.3 is 12.1 Å². The van der Waals surface area contributed by atoms with E-state index in [1.807, 2.05) is 48.5 Å². The van der Waals surface area contributed by atoms with Gasteiger partial charge in [-0.1, -0.05) is 48.5 Å². The SMILES string of the molecule is CC(C)(O)C1CCCN1C(=O)C(CCC(=O)O)NC(=O)OCC1c2ccccc2-c2ccccc21. The third-order valence-corrected chi connectivity index (χ3v) is 6.93. The molecule has 1 saturated heterocycles. The number of nitrogens with zero attached hydrogens (tertiary/aromatic N) is 1. The average molecular weight is 481 g/mol. The zero-order chi connectivity index (χ0) is 25.2. The molecule has 3 N–H and O–H groups in total. The van der Waals surface area contributed by atoms with Crippen LogP contribution in [0, 0.1) is 0 Å². The summed E-state index contributed by atoms with van der Waals surface area (Å²) in [6.45, 7) is 3.84. The molecule has 2 aliphatic rings. The first kappa shape index (κ1) is 24.7. The van der Waals surface area contributed by atoms with Crippen LogP contribution in [0.5, 0.6) is 0 Å². The zero-order valence-electron chi connectivity index (χ0n) is 20.1. The molecule has 8 heteroatoms. The minimum atomic E-state index is -1.10. The molecule has 2 atom stereocenters. The third-order valence-electron chi connectivity index (χ3n) is 6.93. The number of hydrogen-bond acceptors (Lipinski definition) is 5. The first-order chi connectivity index (χ1) is 16.7. The van der Waals surface area contributed by atoms with Gasteiger partial charge in [-0.15, -0.1) is 0 Å². The van der Waals surface area contributed by atoms with Crippen molar-refractivity contribution in [3.8, 4) is 11.1 Å². The fourth-order valence-corrected chi connectivity index (χ4v) is 5.27. The standard InChI is InChI=1S/C27H32N2O6/c1-27(2,34)23-12-7-15-29(23)25(32)22(13-14-24(30)31)28-26(33)35-16-21-19-10-5-3-8-17(19)18-9-4-6-11-20(18)21/h3-6,8-11,21-23,34H,7,12-16H2,1-2H3,(H,28,33)(H,30,31). The molecular weight excluding hydrogens is 448 g/mol. The Morgan fingerprint density at radius 3 is 2.26 bits per heavy atom. The Labute approximate surface area is 204 Å². The second-order valence-corrected chi connectivity index (χ2v) is 9.80. The van der Waals surface area contributed by atoms with E-state index in [2.05, 4.69) is 5.32 Å². The molecular formula is C27H32N2O6.